The van der Waals surface area contributed by atoms with Crippen LogP contribution in [0.5, 0.6) is 0 Å². The van der Waals surface area contributed by atoms with Crippen LogP contribution >= 0.6 is 0 Å². The van der Waals surface area contributed by atoms with Gasteiger partial charge < -0.3 is 9.64 Å². The molecule has 2 fully saturated rings. The topological polar surface area (TPSA) is 66.9 Å². The molecule has 2 saturated heterocycles. The van der Waals surface area contributed by atoms with Gasteiger partial charge in [0.25, 0.3) is 0 Å². The number of morpholine rings is 1. The lowest BCUT2D eigenvalue weighted by Gasteiger charge is -2.37. The third kappa shape index (κ3) is 3.60. The van der Waals surface area contributed by atoms with Crippen LogP contribution in [0, 0.1) is 18.6 Å². The molecule has 1 aromatic rings. The SMILES string of the molecule is Cc1cc(F)c(S(=O)(=O)N2CCCCC2C(=O)N2CCOCC2)cc1F. The van der Waals surface area contributed by atoms with Crippen LogP contribution in [0.4, 0.5) is 8.78 Å². The van der Waals surface area contributed by atoms with E-state index in [1.807, 2.05) is 0 Å². The van der Waals surface area contributed by atoms with E-state index in [4.69, 9.17) is 4.74 Å². The standard InChI is InChI=1S/C17H22F2N2O4S/c1-12-10-14(19)16(11-13(12)18)26(23,24)21-5-3-2-4-15(21)17(22)20-6-8-25-9-7-20/h10-11,15H,2-9H2,1H3. The van der Waals surface area contributed by atoms with Gasteiger partial charge in [0, 0.05) is 19.6 Å². The van der Waals surface area contributed by atoms with Crippen LogP contribution in [0.25, 0.3) is 0 Å². The summed E-state index contributed by atoms with van der Waals surface area (Å²) in [5.41, 5.74) is 0.0287. The minimum absolute atomic E-state index is 0.0287. The van der Waals surface area contributed by atoms with Crippen molar-refractivity contribution >= 4 is 15.9 Å². The lowest BCUT2D eigenvalue weighted by molar-refractivity contribution is -0.140. The summed E-state index contributed by atoms with van der Waals surface area (Å²) in [7, 11) is -4.33. The Morgan fingerprint density at radius 3 is 2.50 bits per heavy atom. The Kier molecular flexibility index (Phi) is 5.59. The van der Waals surface area contributed by atoms with Gasteiger partial charge in [-0.25, -0.2) is 17.2 Å². The van der Waals surface area contributed by atoms with Crippen molar-refractivity contribution in [2.24, 2.45) is 0 Å². The minimum atomic E-state index is -4.33. The van der Waals surface area contributed by atoms with E-state index in [1.165, 1.54) is 6.92 Å². The molecule has 144 valence electrons. The van der Waals surface area contributed by atoms with E-state index < -0.39 is 32.6 Å². The molecule has 1 amide bonds. The summed E-state index contributed by atoms with van der Waals surface area (Å²) in [4.78, 5) is 13.7. The summed E-state index contributed by atoms with van der Waals surface area (Å²) in [6, 6.07) is 0.672. The number of piperidine rings is 1. The molecule has 1 aromatic carbocycles. The summed E-state index contributed by atoms with van der Waals surface area (Å²) in [6.45, 7) is 3.08. The third-order valence-electron chi connectivity index (χ3n) is 4.86. The fourth-order valence-corrected chi connectivity index (χ4v) is 5.10. The summed E-state index contributed by atoms with van der Waals surface area (Å²) < 4.78 is 60.4. The van der Waals surface area contributed by atoms with Gasteiger partial charge >= 0.3 is 0 Å². The maximum Gasteiger partial charge on any atom is 0.246 e. The third-order valence-corrected chi connectivity index (χ3v) is 6.78. The fraction of sp³-hybridized carbons (Fsp3) is 0.588. The van der Waals surface area contributed by atoms with Crippen LogP contribution in [0.2, 0.25) is 0 Å². The smallest absolute Gasteiger partial charge is 0.246 e. The number of rotatable bonds is 3. The summed E-state index contributed by atoms with van der Waals surface area (Å²) in [6.07, 6.45) is 1.64. The average Bonchev–Trinajstić information content (AvgIpc) is 2.64. The second-order valence-electron chi connectivity index (χ2n) is 6.60. The Morgan fingerprint density at radius 1 is 1.12 bits per heavy atom. The van der Waals surface area contributed by atoms with Crippen LogP contribution < -0.4 is 0 Å². The molecule has 0 N–H and O–H groups in total. The summed E-state index contributed by atoms with van der Waals surface area (Å²) in [5.74, 6) is -2.10. The number of carbonyl (C=O) groups excluding carboxylic acids is 1. The highest BCUT2D eigenvalue weighted by Crippen LogP contribution is 2.29. The van der Waals surface area contributed by atoms with Crippen LogP contribution in [-0.4, -0.2) is 62.4 Å². The van der Waals surface area contributed by atoms with Crippen molar-refractivity contribution in [2.45, 2.75) is 37.1 Å². The van der Waals surface area contributed by atoms with E-state index in [-0.39, 0.29) is 18.0 Å². The van der Waals surface area contributed by atoms with E-state index >= 15 is 0 Å². The van der Waals surface area contributed by atoms with Crippen LogP contribution in [0.1, 0.15) is 24.8 Å². The first-order valence-electron chi connectivity index (χ1n) is 8.66. The van der Waals surface area contributed by atoms with Crippen molar-refractivity contribution in [1.82, 2.24) is 9.21 Å². The van der Waals surface area contributed by atoms with E-state index in [0.29, 0.717) is 51.6 Å². The number of amides is 1. The molecule has 0 spiro atoms. The number of hydrogen-bond donors (Lipinski definition) is 0. The molecule has 2 aliphatic rings. The molecule has 3 rings (SSSR count). The molecule has 2 aliphatic heterocycles. The van der Waals surface area contributed by atoms with E-state index in [0.717, 1.165) is 10.4 Å². The lowest BCUT2D eigenvalue weighted by atomic mass is 10.0. The molecule has 26 heavy (non-hydrogen) atoms. The van der Waals surface area contributed by atoms with E-state index in [9.17, 15) is 22.0 Å². The van der Waals surface area contributed by atoms with Crippen LogP contribution in [-0.2, 0) is 19.6 Å². The van der Waals surface area contributed by atoms with Gasteiger partial charge in [0.05, 0.1) is 13.2 Å². The highest BCUT2D eigenvalue weighted by Gasteiger charge is 2.40. The molecular formula is C17H22F2N2O4S. The number of benzene rings is 1. The molecule has 0 saturated carbocycles. The number of sulfonamides is 1. The summed E-state index contributed by atoms with van der Waals surface area (Å²) in [5, 5.41) is 0. The zero-order chi connectivity index (χ0) is 18.9. The molecule has 1 unspecified atom stereocenters. The molecule has 6 nitrogen and oxygen atoms in total. The van der Waals surface area contributed by atoms with Gasteiger partial charge in [0.2, 0.25) is 15.9 Å². The van der Waals surface area contributed by atoms with Crippen molar-refractivity contribution in [2.75, 3.05) is 32.8 Å². The van der Waals surface area contributed by atoms with Gasteiger partial charge in [-0.1, -0.05) is 6.42 Å². The Morgan fingerprint density at radius 2 is 1.81 bits per heavy atom. The largest absolute Gasteiger partial charge is 0.378 e. The van der Waals surface area contributed by atoms with Crippen molar-refractivity contribution in [3.05, 3.63) is 29.3 Å². The Balaban J connectivity index is 1.93. The molecular weight excluding hydrogens is 366 g/mol. The first kappa shape index (κ1) is 19.2. The van der Waals surface area contributed by atoms with Gasteiger partial charge in [-0.2, -0.15) is 4.31 Å². The molecule has 0 aliphatic carbocycles. The first-order chi connectivity index (χ1) is 12.3. The predicted molar refractivity (Wildman–Crippen MR) is 90.0 cm³/mol. The van der Waals surface area contributed by atoms with Gasteiger partial charge in [-0.3, -0.25) is 4.79 Å². The van der Waals surface area contributed by atoms with E-state index in [1.54, 1.807) is 4.90 Å². The van der Waals surface area contributed by atoms with Crippen molar-refractivity contribution in [3.8, 4) is 0 Å². The van der Waals surface area contributed by atoms with Gasteiger partial charge in [0.1, 0.15) is 22.6 Å². The minimum Gasteiger partial charge on any atom is -0.378 e. The zero-order valence-electron chi connectivity index (χ0n) is 14.6. The van der Waals surface area contributed by atoms with Crippen molar-refractivity contribution < 1.29 is 26.7 Å². The maximum atomic E-state index is 14.3. The number of hydrogen-bond acceptors (Lipinski definition) is 4. The predicted octanol–water partition coefficient (Wildman–Crippen LogP) is 1.68. The molecule has 0 aromatic heterocycles. The number of nitrogens with zero attached hydrogens (tertiary/aromatic N) is 2. The number of ether oxygens (including phenoxy) is 1. The molecule has 2 heterocycles. The van der Waals surface area contributed by atoms with E-state index in [2.05, 4.69) is 0 Å². The number of aryl methyl sites for hydroxylation is 1. The monoisotopic (exact) mass is 388 g/mol. The van der Waals surface area contributed by atoms with Crippen LogP contribution in [0.3, 0.4) is 0 Å². The first-order valence-corrected chi connectivity index (χ1v) is 10.1. The highest BCUT2D eigenvalue weighted by molar-refractivity contribution is 7.89. The Bertz CT molecular complexity index is 794. The fourth-order valence-electron chi connectivity index (χ4n) is 3.39. The molecule has 9 heteroatoms. The van der Waals surface area contributed by atoms with Gasteiger partial charge in [-0.15, -0.1) is 0 Å². The molecule has 1 atom stereocenters. The lowest BCUT2D eigenvalue weighted by Crippen LogP contribution is -2.55. The van der Waals surface area contributed by atoms with Crippen molar-refractivity contribution in [3.63, 3.8) is 0 Å². The second kappa shape index (κ2) is 7.58. The summed E-state index contributed by atoms with van der Waals surface area (Å²) >= 11 is 0. The Labute approximate surface area is 151 Å². The second-order valence-corrected chi connectivity index (χ2v) is 8.46. The highest BCUT2D eigenvalue weighted by atomic mass is 32.2. The number of carbonyl (C=O) groups is 1. The van der Waals surface area contributed by atoms with Gasteiger partial charge in [-0.05, 0) is 37.5 Å². The maximum absolute atomic E-state index is 14.3. The normalized spacial score (nSPS) is 22.4. The van der Waals surface area contributed by atoms with Crippen LogP contribution in [0.15, 0.2) is 17.0 Å². The molecule has 0 radical (unpaired) electrons. The number of halogens is 2. The molecule has 0 bridgehead atoms. The Hall–Kier alpha value is -1.58. The van der Waals surface area contributed by atoms with Gasteiger partial charge in [0.15, 0.2) is 0 Å². The average molecular weight is 388 g/mol. The zero-order valence-corrected chi connectivity index (χ0v) is 15.4. The quantitative estimate of drug-likeness (QED) is 0.790. The van der Waals surface area contributed by atoms with Crippen molar-refractivity contribution in [1.29, 1.82) is 0 Å².